The predicted octanol–water partition coefficient (Wildman–Crippen LogP) is 20.5. The van der Waals surface area contributed by atoms with Gasteiger partial charge in [-0.05, 0) is 77.0 Å². The van der Waals surface area contributed by atoms with Gasteiger partial charge in [-0.2, -0.15) is 0 Å². The number of rotatable bonds is 61. The van der Waals surface area contributed by atoms with Gasteiger partial charge in [-0.1, -0.05) is 281 Å². The second-order valence-corrected chi connectivity index (χ2v) is 23.1. The van der Waals surface area contributed by atoms with E-state index >= 15 is 0 Å². The molecule has 0 aliphatic heterocycles. The maximum absolute atomic E-state index is 12.7. The molecular formula is C65H122NO8P. The summed E-state index contributed by atoms with van der Waals surface area (Å²) < 4.78 is 33.0. The van der Waals surface area contributed by atoms with Gasteiger partial charge in [0, 0.05) is 19.4 Å². The summed E-state index contributed by atoms with van der Waals surface area (Å²) in [5.41, 5.74) is 5.38. The quantitative estimate of drug-likeness (QED) is 0.0264. The predicted molar refractivity (Wildman–Crippen MR) is 321 cm³/mol. The molecule has 0 aliphatic rings. The molecule has 440 valence electrons. The van der Waals surface area contributed by atoms with E-state index in [1.54, 1.807) is 0 Å². The standard InChI is InChI=1S/C65H122NO8P/c1-3-5-7-9-11-13-15-17-19-20-21-22-23-24-25-26-27-28-29-30-31-32-33-34-35-36-37-38-39-40-41-42-44-46-48-50-52-54-56-58-65(68)74-63(62-73-75(69,70)72-60-59-66)61-71-64(67)57-55-53-51-49-47-45-43-18-16-14-12-10-8-6-4-2/h12,14-15,17-18,20-21,43,63H,3-11,13,16,19,22-42,44-62,66H2,1-2H3,(H,69,70)/b14-12-,17-15-,21-20-,43-18-. The third-order valence-electron chi connectivity index (χ3n) is 14.2. The lowest BCUT2D eigenvalue weighted by Crippen LogP contribution is -2.29. The van der Waals surface area contributed by atoms with Crippen LogP contribution in [0.5, 0.6) is 0 Å². The van der Waals surface area contributed by atoms with Crippen molar-refractivity contribution < 1.29 is 37.6 Å². The van der Waals surface area contributed by atoms with Gasteiger partial charge in [0.1, 0.15) is 6.61 Å². The highest BCUT2D eigenvalue weighted by Gasteiger charge is 2.26. The van der Waals surface area contributed by atoms with Crippen LogP contribution in [0.4, 0.5) is 0 Å². The fraction of sp³-hybridized carbons (Fsp3) is 0.846. The van der Waals surface area contributed by atoms with Gasteiger partial charge >= 0.3 is 19.8 Å². The first-order valence-corrected chi connectivity index (χ1v) is 33.6. The molecule has 0 saturated carbocycles. The summed E-state index contributed by atoms with van der Waals surface area (Å²) in [5, 5.41) is 0. The van der Waals surface area contributed by atoms with Crippen molar-refractivity contribution in [3.05, 3.63) is 48.6 Å². The van der Waals surface area contributed by atoms with Crippen LogP contribution >= 0.6 is 7.82 Å². The summed E-state index contributed by atoms with van der Waals surface area (Å²) >= 11 is 0. The average Bonchev–Trinajstić information content (AvgIpc) is 3.40. The molecule has 0 radical (unpaired) electrons. The van der Waals surface area contributed by atoms with E-state index in [0.29, 0.717) is 6.42 Å². The first kappa shape index (κ1) is 73.0. The summed E-state index contributed by atoms with van der Waals surface area (Å²) in [4.78, 5) is 35.1. The SMILES string of the molecule is CCCCC/C=C\C/C=C\CCCCCCCC(=O)OCC(COP(=O)(O)OCCN)OC(=O)CCCCCCCCCCCCCCCCCCCCCCCCCCCCC/C=C\C/C=C\CCCCCCC. The van der Waals surface area contributed by atoms with Crippen LogP contribution in [0.25, 0.3) is 0 Å². The Morgan fingerprint density at radius 1 is 0.400 bits per heavy atom. The van der Waals surface area contributed by atoms with E-state index in [0.717, 1.165) is 64.2 Å². The van der Waals surface area contributed by atoms with Crippen molar-refractivity contribution in [2.75, 3.05) is 26.4 Å². The Morgan fingerprint density at radius 2 is 0.693 bits per heavy atom. The molecule has 0 bridgehead atoms. The van der Waals surface area contributed by atoms with E-state index in [-0.39, 0.29) is 38.6 Å². The highest BCUT2D eigenvalue weighted by atomic mass is 31.2. The van der Waals surface area contributed by atoms with Crippen LogP contribution in [0.15, 0.2) is 48.6 Å². The molecule has 0 amide bonds. The van der Waals surface area contributed by atoms with E-state index in [4.69, 9.17) is 24.3 Å². The van der Waals surface area contributed by atoms with Crippen LogP contribution in [0, 0.1) is 0 Å². The van der Waals surface area contributed by atoms with Gasteiger partial charge in [0.05, 0.1) is 13.2 Å². The molecular weight excluding hydrogens is 954 g/mol. The van der Waals surface area contributed by atoms with Crippen molar-refractivity contribution in [2.45, 2.75) is 328 Å². The van der Waals surface area contributed by atoms with Crippen LogP contribution in [0.1, 0.15) is 322 Å². The van der Waals surface area contributed by atoms with Crippen molar-refractivity contribution in [2.24, 2.45) is 5.73 Å². The molecule has 75 heavy (non-hydrogen) atoms. The number of esters is 2. The Kier molecular flexibility index (Phi) is 59.5. The number of allylic oxidation sites excluding steroid dienone is 8. The fourth-order valence-corrected chi connectivity index (χ4v) is 10.2. The molecule has 3 N–H and O–H groups in total. The lowest BCUT2D eigenvalue weighted by atomic mass is 10.0. The number of nitrogens with two attached hydrogens (primary N) is 1. The summed E-state index contributed by atoms with van der Waals surface area (Å²) in [6.45, 7) is 3.73. The fourth-order valence-electron chi connectivity index (χ4n) is 9.41. The minimum absolute atomic E-state index is 0.0523. The van der Waals surface area contributed by atoms with E-state index in [2.05, 4.69) is 62.5 Å². The number of unbranched alkanes of at least 4 members (excludes halogenated alkanes) is 40. The van der Waals surface area contributed by atoms with Gasteiger partial charge in [-0.3, -0.25) is 18.6 Å². The molecule has 0 spiro atoms. The molecule has 0 rings (SSSR count). The zero-order chi connectivity index (χ0) is 54.5. The van der Waals surface area contributed by atoms with Crippen molar-refractivity contribution in [3.8, 4) is 0 Å². The molecule has 0 aromatic heterocycles. The van der Waals surface area contributed by atoms with E-state index in [1.807, 2.05) is 0 Å². The monoisotopic (exact) mass is 1080 g/mol. The normalized spacial score (nSPS) is 13.3. The first-order valence-electron chi connectivity index (χ1n) is 32.1. The maximum Gasteiger partial charge on any atom is 0.472 e. The van der Waals surface area contributed by atoms with Gasteiger partial charge < -0.3 is 20.1 Å². The molecule has 9 nitrogen and oxygen atoms in total. The number of ether oxygens (including phenoxy) is 2. The summed E-state index contributed by atoms with van der Waals surface area (Å²) in [7, 11) is -4.39. The first-order chi connectivity index (χ1) is 36.8. The average molecular weight is 1080 g/mol. The second-order valence-electron chi connectivity index (χ2n) is 21.6. The molecule has 0 aromatic carbocycles. The molecule has 2 unspecified atom stereocenters. The Morgan fingerprint density at radius 3 is 1.04 bits per heavy atom. The minimum atomic E-state index is -4.39. The van der Waals surface area contributed by atoms with Crippen molar-refractivity contribution in [1.82, 2.24) is 0 Å². The molecule has 0 aromatic rings. The Bertz CT molecular complexity index is 1370. The number of hydrogen-bond donors (Lipinski definition) is 2. The maximum atomic E-state index is 12.7. The van der Waals surface area contributed by atoms with E-state index in [1.165, 1.54) is 225 Å². The smallest absolute Gasteiger partial charge is 0.462 e. The lowest BCUT2D eigenvalue weighted by molar-refractivity contribution is -0.161. The number of phosphoric ester groups is 1. The van der Waals surface area contributed by atoms with E-state index < -0.39 is 26.5 Å². The highest BCUT2D eigenvalue weighted by molar-refractivity contribution is 7.47. The number of carbonyl (C=O) groups is 2. The highest BCUT2D eigenvalue weighted by Crippen LogP contribution is 2.43. The van der Waals surface area contributed by atoms with Crippen LogP contribution in [0.2, 0.25) is 0 Å². The van der Waals surface area contributed by atoms with Gasteiger partial charge in [0.25, 0.3) is 0 Å². The van der Waals surface area contributed by atoms with E-state index in [9.17, 15) is 19.0 Å². The molecule has 0 saturated heterocycles. The Balaban J connectivity index is 3.75. The summed E-state index contributed by atoms with van der Waals surface area (Å²) in [5.74, 6) is -0.831. The van der Waals surface area contributed by atoms with Gasteiger partial charge in [-0.15, -0.1) is 0 Å². The molecule has 10 heteroatoms. The molecule has 2 atom stereocenters. The molecule has 0 heterocycles. The van der Waals surface area contributed by atoms with Crippen LogP contribution in [-0.2, 0) is 32.7 Å². The van der Waals surface area contributed by atoms with Gasteiger partial charge in [-0.25, -0.2) is 4.57 Å². The third kappa shape index (κ3) is 61.1. The van der Waals surface area contributed by atoms with Crippen LogP contribution in [-0.4, -0.2) is 49.3 Å². The van der Waals surface area contributed by atoms with Crippen LogP contribution in [0.3, 0.4) is 0 Å². The van der Waals surface area contributed by atoms with Crippen molar-refractivity contribution in [3.63, 3.8) is 0 Å². The largest absolute Gasteiger partial charge is 0.472 e. The lowest BCUT2D eigenvalue weighted by Gasteiger charge is -2.19. The van der Waals surface area contributed by atoms with Crippen LogP contribution < -0.4 is 5.73 Å². The molecule has 0 aliphatic carbocycles. The summed E-state index contributed by atoms with van der Waals surface area (Å²) in [6, 6.07) is 0. The van der Waals surface area contributed by atoms with Crippen molar-refractivity contribution in [1.29, 1.82) is 0 Å². The zero-order valence-electron chi connectivity index (χ0n) is 49.3. The molecule has 0 fully saturated rings. The van der Waals surface area contributed by atoms with Crippen molar-refractivity contribution >= 4 is 19.8 Å². The second kappa shape index (κ2) is 61.2. The Labute approximate surface area is 464 Å². The van der Waals surface area contributed by atoms with Gasteiger partial charge in [0.2, 0.25) is 0 Å². The minimum Gasteiger partial charge on any atom is -0.462 e. The Hall–Kier alpha value is -2.03. The number of hydrogen-bond acceptors (Lipinski definition) is 8. The van der Waals surface area contributed by atoms with Gasteiger partial charge in [0.15, 0.2) is 6.10 Å². The topological polar surface area (TPSA) is 134 Å². The number of phosphoric acid groups is 1. The summed E-state index contributed by atoms with van der Waals surface area (Å²) in [6.07, 6.45) is 76.4. The number of carbonyl (C=O) groups excluding carboxylic acids is 2. The zero-order valence-corrected chi connectivity index (χ0v) is 50.2. The third-order valence-corrected chi connectivity index (χ3v) is 15.2.